The van der Waals surface area contributed by atoms with Crippen LogP contribution in [0.2, 0.25) is 0 Å². The second-order valence-corrected chi connectivity index (χ2v) is 6.93. The molecule has 6 nitrogen and oxygen atoms in total. The Kier molecular flexibility index (Phi) is 4.39. The molecule has 1 saturated heterocycles. The number of aromatic nitrogens is 2. The molecule has 0 radical (unpaired) electrons. The average molecular weight is 362 g/mol. The topological polar surface area (TPSA) is 67.2 Å². The molecule has 0 bridgehead atoms. The highest BCUT2D eigenvalue weighted by molar-refractivity contribution is 6.14. The predicted octanol–water partition coefficient (Wildman–Crippen LogP) is 2.94. The summed E-state index contributed by atoms with van der Waals surface area (Å²) in [5.74, 6) is -0.130. The van der Waals surface area contributed by atoms with Crippen molar-refractivity contribution in [1.82, 2.24) is 14.9 Å². The van der Waals surface area contributed by atoms with Crippen LogP contribution in [0, 0.1) is 6.92 Å². The summed E-state index contributed by atoms with van der Waals surface area (Å²) in [6.07, 6.45) is 3.04. The SMILES string of the molecule is Cc1ccc2c(c1)c(N1CCCC1=O)c(C(=O)NCc1ccccn1)n2C. The van der Waals surface area contributed by atoms with E-state index in [0.29, 0.717) is 25.2 Å². The van der Waals surface area contributed by atoms with Gasteiger partial charge < -0.3 is 14.8 Å². The maximum Gasteiger partial charge on any atom is 0.270 e. The Bertz CT molecular complexity index is 1020. The fourth-order valence-corrected chi connectivity index (χ4v) is 3.71. The molecule has 2 amide bonds. The van der Waals surface area contributed by atoms with E-state index in [1.807, 2.05) is 54.9 Å². The number of carbonyl (C=O) groups is 2. The van der Waals surface area contributed by atoms with Crippen molar-refractivity contribution in [3.8, 4) is 0 Å². The summed E-state index contributed by atoms with van der Waals surface area (Å²) in [6, 6.07) is 11.7. The minimum absolute atomic E-state index is 0.0720. The Morgan fingerprint density at radius 2 is 2.11 bits per heavy atom. The molecule has 27 heavy (non-hydrogen) atoms. The summed E-state index contributed by atoms with van der Waals surface area (Å²) >= 11 is 0. The minimum atomic E-state index is -0.202. The van der Waals surface area contributed by atoms with Gasteiger partial charge >= 0.3 is 0 Å². The zero-order chi connectivity index (χ0) is 19.0. The van der Waals surface area contributed by atoms with Crippen molar-refractivity contribution in [2.75, 3.05) is 11.4 Å². The highest BCUT2D eigenvalue weighted by atomic mass is 16.2. The zero-order valence-electron chi connectivity index (χ0n) is 15.5. The highest BCUT2D eigenvalue weighted by Gasteiger charge is 2.31. The van der Waals surface area contributed by atoms with Gasteiger partial charge in [-0.15, -0.1) is 0 Å². The smallest absolute Gasteiger partial charge is 0.270 e. The predicted molar refractivity (Wildman–Crippen MR) is 105 cm³/mol. The molecule has 3 heterocycles. The van der Waals surface area contributed by atoms with Gasteiger partial charge in [0.25, 0.3) is 5.91 Å². The molecule has 0 spiro atoms. The first kappa shape index (κ1) is 17.3. The van der Waals surface area contributed by atoms with Gasteiger partial charge in [0.1, 0.15) is 5.69 Å². The molecular weight excluding hydrogens is 340 g/mol. The number of rotatable bonds is 4. The lowest BCUT2D eigenvalue weighted by molar-refractivity contribution is -0.117. The number of nitrogens with one attached hydrogen (secondary N) is 1. The molecule has 1 fully saturated rings. The van der Waals surface area contributed by atoms with Crippen LogP contribution in [0.15, 0.2) is 42.6 Å². The lowest BCUT2D eigenvalue weighted by Gasteiger charge is -2.18. The van der Waals surface area contributed by atoms with E-state index in [1.165, 1.54) is 0 Å². The molecule has 1 aliphatic rings. The number of anilines is 1. The van der Waals surface area contributed by atoms with Crippen molar-refractivity contribution in [1.29, 1.82) is 0 Å². The Morgan fingerprint density at radius 1 is 1.26 bits per heavy atom. The molecular formula is C21H22N4O2. The second kappa shape index (κ2) is 6.87. The van der Waals surface area contributed by atoms with Crippen LogP contribution in [0.1, 0.15) is 34.6 Å². The van der Waals surface area contributed by atoms with Crippen molar-refractivity contribution in [3.63, 3.8) is 0 Å². The highest BCUT2D eigenvalue weighted by Crippen LogP contribution is 2.36. The molecule has 1 aliphatic heterocycles. The van der Waals surface area contributed by atoms with Gasteiger partial charge in [0.2, 0.25) is 5.91 Å². The molecule has 1 aromatic carbocycles. The fourth-order valence-electron chi connectivity index (χ4n) is 3.71. The monoisotopic (exact) mass is 362 g/mol. The number of amides is 2. The van der Waals surface area contributed by atoms with Crippen LogP contribution >= 0.6 is 0 Å². The molecule has 4 rings (SSSR count). The van der Waals surface area contributed by atoms with E-state index in [2.05, 4.69) is 10.3 Å². The molecule has 3 aromatic rings. The van der Waals surface area contributed by atoms with E-state index in [1.54, 1.807) is 11.1 Å². The van der Waals surface area contributed by atoms with E-state index < -0.39 is 0 Å². The lowest BCUT2D eigenvalue weighted by Crippen LogP contribution is -2.30. The van der Waals surface area contributed by atoms with Crippen molar-refractivity contribution in [2.45, 2.75) is 26.3 Å². The first-order valence-corrected chi connectivity index (χ1v) is 9.14. The lowest BCUT2D eigenvalue weighted by atomic mass is 10.1. The molecule has 0 saturated carbocycles. The van der Waals surface area contributed by atoms with Gasteiger partial charge in [-0.25, -0.2) is 0 Å². The maximum absolute atomic E-state index is 13.1. The van der Waals surface area contributed by atoms with Gasteiger partial charge in [-0.2, -0.15) is 0 Å². The standard InChI is InChI=1S/C21H22N4O2/c1-14-8-9-17-16(12-14)19(25-11-5-7-18(25)26)20(24(17)2)21(27)23-13-15-6-3-4-10-22-15/h3-4,6,8-10,12H,5,7,11,13H2,1-2H3,(H,23,27). The van der Waals surface area contributed by atoms with Crippen molar-refractivity contribution in [3.05, 3.63) is 59.5 Å². The normalized spacial score (nSPS) is 14.1. The molecule has 0 unspecified atom stereocenters. The van der Waals surface area contributed by atoms with Gasteiger partial charge in [0.05, 0.1) is 23.4 Å². The number of nitrogens with zero attached hydrogens (tertiary/aromatic N) is 3. The summed E-state index contributed by atoms with van der Waals surface area (Å²) in [7, 11) is 1.87. The van der Waals surface area contributed by atoms with Gasteiger partial charge in [0.15, 0.2) is 0 Å². The van der Waals surface area contributed by atoms with Crippen LogP contribution in [0.3, 0.4) is 0 Å². The Hall–Kier alpha value is -3.15. The summed E-state index contributed by atoms with van der Waals surface area (Å²) in [6.45, 7) is 3.00. The summed E-state index contributed by atoms with van der Waals surface area (Å²) < 4.78 is 1.88. The van der Waals surface area contributed by atoms with Crippen LogP contribution in [0.4, 0.5) is 5.69 Å². The van der Waals surface area contributed by atoms with Crippen LogP contribution in [-0.4, -0.2) is 27.9 Å². The zero-order valence-corrected chi connectivity index (χ0v) is 15.5. The van der Waals surface area contributed by atoms with Crippen molar-refractivity contribution >= 4 is 28.4 Å². The van der Waals surface area contributed by atoms with Gasteiger partial charge in [-0.05, 0) is 37.6 Å². The molecule has 1 N–H and O–H groups in total. The Balaban J connectivity index is 1.77. The van der Waals surface area contributed by atoms with Gasteiger partial charge in [-0.1, -0.05) is 17.7 Å². The van der Waals surface area contributed by atoms with E-state index >= 15 is 0 Å². The van der Waals surface area contributed by atoms with Crippen molar-refractivity contribution in [2.24, 2.45) is 7.05 Å². The second-order valence-electron chi connectivity index (χ2n) is 6.93. The van der Waals surface area contributed by atoms with E-state index in [9.17, 15) is 9.59 Å². The third kappa shape index (κ3) is 3.07. The van der Waals surface area contributed by atoms with E-state index in [0.717, 1.165) is 34.3 Å². The quantitative estimate of drug-likeness (QED) is 0.776. The number of aryl methyl sites for hydroxylation is 2. The maximum atomic E-state index is 13.1. The third-order valence-corrected chi connectivity index (χ3v) is 5.04. The van der Waals surface area contributed by atoms with E-state index in [-0.39, 0.29) is 11.8 Å². The van der Waals surface area contributed by atoms with Crippen LogP contribution in [0.25, 0.3) is 10.9 Å². The molecule has 0 aliphatic carbocycles. The number of fused-ring (bicyclic) bond motifs is 1. The average Bonchev–Trinajstić information content (AvgIpc) is 3.21. The van der Waals surface area contributed by atoms with Gasteiger partial charge in [0, 0.05) is 31.6 Å². The number of pyridine rings is 1. The third-order valence-electron chi connectivity index (χ3n) is 5.04. The van der Waals surface area contributed by atoms with Crippen molar-refractivity contribution < 1.29 is 9.59 Å². The summed E-state index contributed by atoms with van der Waals surface area (Å²) in [5.41, 5.74) is 4.07. The largest absolute Gasteiger partial charge is 0.345 e. The molecule has 6 heteroatoms. The number of hydrogen-bond acceptors (Lipinski definition) is 3. The van der Waals surface area contributed by atoms with Gasteiger partial charge in [-0.3, -0.25) is 14.6 Å². The first-order chi connectivity index (χ1) is 13.1. The van der Waals surface area contributed by atoms with Crippen LogP contribution in [0.5, 0.6) is 0 Å². The molecule has 2 aromatic heterocycles. The summed E-state index contributed by atoms with van der Waals surface area (Å²) in [5, 5.41) is 3.89. The number of benzene rings is 1. The minimum Gasteiger partial charge on any atom is -0.345 e. The Morgan fingerprint density at radius 3 is 2.81 bits per heavy atom. The first-order valence-electron chi connectivity index (χ1n) is 9.14. The molecule has 0 atom stereocenters. The fraction of sp³-hybridized carbons (Fsp3) is 0.286. The van der Waals surface area contributed by atoms with Crippen LogP contribution in [-0.2, 0) is 18.4 Å². The van der Waals surface area contributed by atoms with Crippen LogP contribution < -0.4 is 10.2 Å². The number of carbonyl (C=O) groups excluding carboxylic acids is 2. The molecule has 138 valence electrons. The number of hydrogen-bond donors (Lipinski definition) is 1. The summed E-state index contributed by atoms with van der Waals surface area (Å²) in [4.78, 5) is 31.5. The van der Waals surface area contributed by atoms with E-state index in [4.69, 9.17) is 0 Å². The Labute approximate surface area is 157 Å².